The number of nitrogens with one attached hydrogen (secondary N) is 1. The number of benzene rings is 1. The van der Waals surface area contributed by atoms with E-state index in [0.717, 1.165) is 0 Å². The van der Waals surface area contributed by atoms with E-state index in [4.69, 9.17) is 9.84 Å². The van der Waals surface area contributed by atoms with E-state index >= 15 is 0 Å². The lowest BCUT2D eigenvalue weighted by molar-refractivity contribution is 0.0695. The number of amides is 1. The number of carbonyl (C=O) groups excluding carboxylic acids is 1. The predicted octanol–water partition coefficient (Wildman–Crippen LogP) is 3.02. The largest absolute Gasteiger partial charge is 0.496 e. The van der Waals surface area contributed by atoms with E-state index in [1.54, 1.807) is 30.5 Å². The molecule has 5 nitrogen and oxygen atoms in total. The Hall–Kier alpha value is -2.34. The van der Waals surface area contributed by atoms with Crippen molar-refractivity contribution in [1.29, 1.82) is 0 Å². The van der Waals surface area contributed by atoms with Crippen LogP contribution in [0, 0.1) is 6.92 Å². The zero-order chi connectivity index (χ0) is 14.7. The van der Waals surface area contributed by atoms with E-state index in [2.05, 4.69) is 5.32 Å². The van der Waals surface area contributed by atoms with Gasteiger partial charge >= 0.3 is 5.97 Å². The number of aromatic carboxylic acids is 1. The first-order chi connectivity index (χ1) is 9.51. The molecule has 0 spiro atoms. The molecule has 2 rings (SSSR count). The van der Waals surface area contributed by atoms with Crippen LogP contribution in [0.2, 0.25) is 0 Å². The van der Waals surface area contributed by atoms with E-state index in [-0.39, 0.29) is 11.5 Å². The third-order valence-electron chi connectivity index (χ3n) is 2.76. The fourth-order valence-electron chi connectivity index (χ4n) is 1.67. The van der Waals surface area contributed by atoms with Gasteiger partial charge < -0.3 is 15.2 Å². The first-order valence-electron chi connectivity index (χ1n) is 5.79. The first kappa shape index (κ1) is 14.1. The van der Waals surface area contributed by atoms with Gasteiger partial charge in [0.1, 0.15) is 5.75 Å². The smallest absolute Gasteiger partial charge is 0.336 e. The Labute approximate surface area is 119 Å². The quantitative estimate of drug-likeness (QED) is 0.908. The van der Waals surface area contributed by atoms with E-state index in [9.17, 15) is 9.59 Å². The average molecular weight is 291 g/mol. The van der Waals surface area contributed by atoms with Gasteiger partial charge in [-0.2, -0.15) is 0 Å². The maximum absolute atomic E-state index is 12.0. The lowest BCUT2D eigenvalue weighted by Gasteiger charge is -2.06. The van der Waals surface area contributed by atoms with Crippen LogP contribution in [-0.2, 0) is 0 Å². The number of ether oxygens (including phenoxy) is 1. The summed E-state index contributed by atoms with van der Waals surface area (Å²) >= 11 is 1.26. The van der Waals surface area contributed by atoms with Crippen LogP contribution in [0.1, 0.15) is 25.6 Å². The van der Waals surface area contributed by atoms with Crippen molar-refractivity contribution in [3.63, 3.8) is 0 Å². The van der Waals surface area contributed by atoms with Crippen molar-refractivity contribution in [2.45, 2.75) is 6.92 Å². The molecule has 0 aliphatic carbocycles. The summed E-state index contributed by atoms with van der Waals surface area (Å²) < 4.78 is 5.01. The normalized spacial score (nSPS) is 10.1. The zero-order valence-electron chi connectivity index (χ0n) is 11.0. The zero-order valence-corrected chi connectivity index (χ0v) is 11.8. The molecule has 0 saturated carbocycles. The molecule has 20 heavy (non-hydrogen) atoms. The number of aryl methyl sites for hydroxylation is 1. The standard InChI is InChI=1S/C14H13NO4S/c1-8-3-4-9(5-11(8)14(17)18)15-13(16)12-6-10(19-2)7-20-12/h3-7H,1-2H3,(H,15,16)(H,17,18). The molecule has 2 aromatic rings. The molecule has 1 heterocycles. The maximum atomic E-state index is 12.0. The van der Waals surface area contributed by atoms with Crippen LogP contribution in [0.5, 0.6) is 5.75 Å². The minimum absolute atomic E-state index is 0.173. The third-order valence-corrected chi connectivity index (χ3v) is 3.67. The highest BCUT2D eigenvalue weighted by Crippen LogP contribution is 2.23. The molecule has 1 aromatic heterocycles. The number of methoxy groups -OCH3 is 1. The molecule has 6 heteroatoms. The van der Waals surface area contributed by atoms with E-state index in [1.807, 2.05) is 0 Å². The number of thiophene rings is 1. The molecule has 1 aromatic carbocycles. The Morgan fingerprint density at radius 2 is 2.05 bits per heavy atom. The third kappa shape index (κ3) is 2.97. The summed E-state index contributed by atoms with van der Waals surface area (Å²) in [6.45, 7) is 1.71. The predicted molar refractivity (Wildman–Crippen MR) is 77.0 cm³/mol. The summed E-state index contributed by atoms with van der Waals surface area (Å²) in [5.41, 5.74) is 1.27. The highest BCUT2D eigenvalue weighted by atomic mass is 32.1. The van der Waals surface area contributed by atoms with Crippen LogP contribution in [0.25, 0.3) is 0 Å². The van der Waals surface area contributed by atoms with Crippen LogP contribution in [0.3, 0.4) is 0 Å². The molecule has 0 radical (unpaired) electrons. The number of rotatable bonds is 4. The molecule has 2 N–H and O–H groups in total. The molecular weight excluding hydrogens is 278 g/mol. The van der Waals surface area contributed by atoms with Crippen molar-refractivity contribution >= 4 is 28.9 Å². The van der Waals surface area contributed by atoms with Crippen molar-refractivity contribution in [2.75, 3.05) is 12.4 Å². The van der Waals surface area contributed by atoms with Crippen molar-refractivity contribution in [3.8, 4) is 5.75 Å². The molecule has 0 saturated heterocycles. The Bertz CT molecular complexity index is 663. The second kappa shape index (κ2) is 5.75. The number of carbonyl (C=O) groups is 2. The molecule has 0 aliphatic heterocycles. The van der Waals surface area contributed by atoms with E-state index in [1.165, 1.54) is 24.5 Å². The summed E-state index contributed by atoms with van der Waals surface area (Å²) in [6, 6.07) is 6.41. The Morgan fingerprint density at radius 3 is 2.65 bits per heavy atom. The Kier molecular flexibility index (Phi) is 4.05. The first-order valence-corrected chi connectivity index (χ1v) is 6.67. The van der Waals surface area contributed by atoms with Gasteiger partial charge in [-0.3, -0.25) is 4.79 Å². The van der Waals surface area contributed by atoms with Crippen molar-refractivity contribution < 1.29 is 19.4 Å². The fraction of sp³-hybridized carbons (Fsp3) is 0.143. The highest BCUT2D eigenvalue weighted by Gasteiger charge is 2.12. The topological polar surface area (TPSA) is 75.6 Å². The van der Waals surface area contributed by atoms with Gasteiger partial charge in [0.05, 0.1) is 17.6 Å². The van der Waals surface area contributed by atoms with Crippen molar-refractivity contribution in [3.05, 3.63) is 45.6 Å². The van der Waals surface area contributed by atoms with Gasteiger partial charge in [0, 0.05) is 17.1 Å². The van der Waals surface area contributed by atoms with Gasteiger partial charge in [-0.15, -0.1) is 11.3 Å². The molecule has 0 bridgehead atoms. The van der Waals surface area contributed by atoms with Crippen LogP contribution < -0.4 is 10.1 Å². The molecule has 0 fully saturated rings. The van der Waals surface area contributed by atoms with Gasteiger partial charge in [-0.25, -0.2) is 4.79 Å². The molecule has 0 aliphatic rings. The van der Waals surface area contributed by atoms with Crippen LogP contribution in [-0.4, -0.2) is 24.1 Å². The Balaban J connectivity index is 2.19. The van der Waals surface area contributed by atoms with Gasteiger partial charge in [-0.05, 0) is 24.6 Å². The van der Waals surface area contributed by atoms with Crippen molar-refractivity contribution in [1.82, 2.24) is 0 Å². The molecule has 104 valence electrons. The highest BCUT2D eigenvalue weighted by molar-refractivity contribution is 7.12. The van der Waals surface area contributed by atoms with Crippen LogP contribution >= 0.6 is 11.3 Å². The minimum Gasteiger partial charge on any atom is -0.496 e. The SMILES string of the molecule is COc1csc(C(=O)Nc2ccc(C)c(C(=O)O)c2)c1. The number of carboxylic acids is 1. The van der Waals surface area contributed by atoms with Crippen LogP contribution in [0.4, 0.5) is 5.69 Å². The van der Waals surface area contributed by atoms with Gasteiger partial charge in [0.15, 0.2) is 0 Å². The molecule has 0 atom stereocenters. The maximum Gasteiger partial charge on any atom is 0.336 e. The van der Waals surface area contributed by atoms with E-state index in [0.29, 0.717) is 21.9 Å². The summed E-state index contributed by atoms with van der Waals surface area (Å²) in [5, 5.41) is 13.4. The minimum atomic E-state index is -1.02. The molecular formula is C14H13NO4S. The fourth-order valence-corrected chi connectivity index (χ4v) is 2.42. The average Bonchev–Trinajstić information content (AvgIpc) is 2.89. The molecule has 0 unspecified atom stereocenters. The number of carboxylic acid groups (broad SMARTS) is 1. The summed E-state index contributed by atoms with van der Waals surface area (Å²) in [6.07, 6.45) is 0. The van der Waals surface area contributed by atoms with Crippen molar-refractivity contribution in [2.24, 2.45) is 0 Å². The summed E-state index contributed by atoms with van der Waals surface area (Å²) in [5.74, 6) is -0.690. The Morgan fingerprint density at radius 1 is 1.30 bits per heavy atom. The lowest BCUT2D eigenvalue weighted by Crippen LogP contribution is -2.11. The summed E-state index contributed by atoms with van der Waals surface area (Å²) in [7, 11) is 1.53. The van der Waals surface area contributed by atoms with Gasteiger partial charge in [0.2, 0.25) is 0 Å². The van der Waals surface area contributed by atoms with E-state index < -0.39 is 5.97 Å². The number of hydrogen-bond acceptors (Lipinski definition) is 4. The summed E-state index contributed by atoms with van der Waals surface area (Å²) in [4.78, 5) is 23.5. The van der Waals surface area contributed by atoms with Gasteiger partial charge in [-0.1, -0.05) is 6.07 Å². The van der Waals surface area contributed by atoms with Gasteiger partial charge in [0.25, 0.3) is 5.91 Å². The molecule has 1 amide bonds. The van der Waals surface area contributed by atoms with Crippen LogP contribution in [0.15, 0.2) is 29.6 Å². The second-order valence-corrected chi connectivity index (χ2v) is 5.05. The number of anilines is 1. The second-order valence-electron chi connectivity index (χ2n) is 4.14. The lowest BCUT2D eigenvalue weighted by atomic mass is 10.1. The number of hydrogen-bond donors (Lipinski definition) is 2. The monoisotopic (exact) mass is 291 g/mol.